The summed E-state index contributed by atoms with van der Waals surface area (Å²) < 4.78 is 5.94. The van der Waals surface area contributed by atoms with E-state index in [-0.39, 0.29) is 11.8 Å². The lowest BCUT2D eigenvalue weighted by Crippen LogP contribution is -2.36. The second kappa shape index (κ2) is 8.46. The number of carbonyl (C=O) groups excluding carboxylic acids is 2. The van der Waals surface area contributed by atoms with Gasteiger partial charge in [0.15, 0.2) is 0 Å². The van der Waals surface area contributed by atoms with Crippen molar-refractivity contribution in [2.24, 2.45) is 0 Å². The van der Waals surface area contributed by atoms with Crippen molar-refractivity contribution >= 4 is 17.5 Å². The molecule has 0 bridgehead atoms. The average Bonchev–Trinajstić information content (AvgIpc) is 2.88. The minimum Gasteiger partial charge on any atom is -0.493 e. The van der Waals surface area contributed by atoms with Gasteiger partial charge in [-0.3, -0.25) is 9.59 Å². The molecule has 1 atom stereocenters. The van der Waals surface area contributed by atoms with E-state index < -0.39 is 6.04 Å². The van der Waals surface area contributed by atoms with Gasteiger partial charge in [-0.25, -0.2) is 0 Å². The van der Waals surface area contributed by atoms with E-state index in [0.717, 1.165) is 46.5 Å². The van der Waals surface area contributed by atoms with Crippen LogP contribution in [0.1, 0.15) is 55.0 Å². The summed E-state index contributed by atoms with van der Waals surface area (Å²) in [7, 11) is 0. The van der Waals surface area contributed by atoms with Gasteiger partial charge in [-0.1, -0.05) is 49.2 Å². The zero-order chi connectivity index (χ0) is 20.3. The number of benzene rings is 2. The number of para-hydroxylation sites is 1. The third-order valence-corrected chi connectivity index (χ3v) is 4.97. The zero-order valence-corrected chi connectivity index (χ0v) is 17.0. The smallest absolute Gasteiger partial charge is 0.254 e. The number of hydrogen-bond donors (Lipinski definition) is 1. The predicted molar refractivity (Wildman–Crippen MR) is 111 cm³/mol. The SMILES string of the molecule is CCCCOc1ccccc1CN1C(=O)C(NC(C)=O)c2cc(C)cc(C)c21. The summed E-state index contributed by atoms with van der Waals surface area (Å²) in [5, 5.41) is 2.81. The summed E-state index contributed by atoms with van der Waals surface area (Å²) in [4.78, 5) is 26.7. The molecule has 5 heteroatoms. The highest BCUT2D eigenvalue weighted by atomic mass is 16.5. The van der Waals surface area contributed by atoms with Crippen LogP contribution in [-0.2, 0) is 16.1 Å². The highest BCUT2D eigenvalue weighted by molar-refractivity contribution is 6.06. The minimum atomic E-state index is -0.640. The van der Waals surface area contributed by atoms with Gasteiger partial charge < -0.3 is 15.0 Å². The maximum absolute atomic E-state index is 13.2. The fourth-order valence-corrected chi connectivity index (χ4v) is 3.75. The normalized spacial score (nSPS) is 15.5. The molecule has 0 fully saturated rings. The number of nitrogens with one attached hydrogen (secondary N) is 1. The average molecular weight is 380 g/mol. The second-order valence-corrected chi connectivity index (χ2v) is 7.39. The first kappa shape index (κ1) is 19.9. The first-order chi connectivity index (χ1) is 13.4. The fraction of sp³-hybridized carbons (Fsp3) is 0.391. The Morgan fingerprint density at radius 2 is 1.96 bits per heavy atom. The van der Waals surface area contributed by atoms with Crippen molar-refractivity contribution in [3.05, 3.63) is 58.7 Å². The number of hydrogen-bond acceptors (Lipinski definition) is 3. The van der Waals surface area contributed by atoms with Crippen LogP contribution in [0.25, 0.3) is 0 Å². The van der Waals surface area contributed by atoms with Crippen molar-refractivity contribution in [3.63, 3.8) is 0 Å². The van der Waals surface area contributed by atoms with Crippen molar-refractivity contribution < 1.29 is 14.3 Å². The number of nitrogens with zero attached hydrogens (tertiary/aromatic N) is 1. The molecule has 0 radical (unpaired) electrons. The molecule has 1 aliphatic rings. The van der Waals surface area contributed by atoms with Crippen molar-refractivity contribution in [2.45, 2.75) is 53.1 Å². The van der Waals surface area contributed by atoms with Gasteiger partial charge in [0.1, 0.15) is 11.8 Å². The molecule has 28 heavy (non-hydrogen) atoms. The number of anilines is 1. The lowest BCUT2D eigenvalue weighted by atomic mass is 10.0. The summed E-state index contributed by atoms with van der Waals surface area (Å²) in [6.07, 6.45) is 2.06. The lowest BCUT2D eigenvalue weighted by molar-refractivity contribution is -0.126. The standard InChI is InChI=1S/C23H28N2O3/c1-5-6-11-28-20-10-8-7-9-18(20)14-25-22-16(3)12-15(2)13-19(22)21(23(25)27)24-17(4)26/h7-10,12-13,21H,5-6,11,14H2,1-4H3,(H,24,26). The summed E-state index contributed by atoms with van der Waals surface area (Å²) in [6, 6.07) is 11.3. The molecular formula is C23H28N2O3. The van der Waals surface area contributed by atoms with Crippen LogP contribution in [0.3, 0.4) is 0 Å². The van der Waals surface area contributed by atoms with E-state index in [1.807, 2.05) is 44.2 Å². The summed E-state index contributed by atoms with van der Waals surface area (Å²) in [5.74, 6) is 0.480. The number of fused-ring (bicyclic) bond motifs is 1. The summed E-state index contributed by atoms with van der Waals surface area (Å²) >= 11 is 0. The molecule has 0 aliphatic carbocycles. The quantitative estimate of drug-likeness (QED) is 0.732. The van der Waals surface area contributed by atoms with Gasteiger partial charge in [0.2, 0.25) is 5.91 Å². The Morgan fingerprint density at radius 3 is 2.68 bits per heavy atom. The molecule has 1 unspecified atom stereocenters. The molecule has 2 aromatic carbocycles. The van der Waals surface area contributed by atoms with Crippen molar-refractivity contribution in [1.82, 2.24) is 5.32 Å². The number of aryl methyl sites for hydroxylation is 2. The molecule has 0 aromatic heterocycles. The van der Waals surface area contributed by atoms with Gasteiger partial charge in [0.25, 0.3) is 5.91 Å². The Hall–Kier alpha value is -2.82. The maximum atomic E-state index is 13.2. The number of amides is 2. The highest BCUT2D eigenvalue weighted by Crippen LogP contribution is 2.40. The number of carbonyl (C=O) groups is 2. The Bertz CT molecular complexity index is 891. The van der Waals surface area contributed by atoms with E-state index in [1.54, 1.807) is 4.90 Å². The first-order valence-electron chi connectivity index (χ1n) is 9.82. The van der Waals surface area contributed by atoms with Crippen molar-refractivity contribution in [3.8, 4) is 5.75 Å². The van der Waals surface area contributed by atoms with E-state index in [0.29, 0.717) is 13.2 Å². The fourth-order valence-electron chi connectivity index (χ4n) is 3.75. The van der Waals surface area contributed by atoms with E-state index in [1.165, 1.54) is 6.92 Å². The Balaban J connectivity index is 1.96. The van der Waals surface area contributed by atoms with E-state index in [4.69, 9.17) is 4.74 Å². The van der Waals surface area contributed by atoms with Crippen molar-refractivity contribution in [2.75, 3.05) is 11.5 Å². The Kier molecular flexibility index (Phi) is 6.02. The van der Waals surface area contributed by atoms with Gasteiger partial charge in [0.05, 0.1) is 18.8 Å². The topological polar surface area (TPSA) is 58.6 Å². The van der Waals surface area contributed by atoms with E-state index >= 15 is 0 Å². The summed E-state index contributed by atoms with van der Waals surface area (Å²) in [6.45, 7) is 8.64. The third-order valence-electron chi connectivity index (χ3n) is 4.97. The van der Waals surface area contributed by atoms with Gasteiger partial charge in [0, 0.05) is 18.1 Å². The Labute approximate surface area is 166 Å². The van der Waals surface area contributed by atoms with Crippen LogP contribution in [0.5, 0.6) is 5.75 Å². The van der Waals surface area contributed by atoms with Crippen LogP contribution < -0.4 is 15.0 Å². The Morgan fingerprint density at radius 1 is 1.21 bits per heavy atom. The van der Waals surface area contributed by atoms with E-state index in [2.05, 4.69) is 18.3 Å². The maximum Gasteiger partial charge on any atom is 0.254 e. The van der Waals surface area contributed by atoms with Gasteiger partial charge >= 0.3 is 0 Å². The number of rotatable bonds is 7. The van der Waals surface area contributed by atoms with E-state index in [9.17, 15) is 9.59 Å². The summed E-state index contributed by atoms with van der Waals surface area (Å²) in [5.41, 5.74) is 4.81. The van der Waals surface area contributed by atoms with Gasteiger partial charge in [-0.05, 0) is 31.9 Å². The zero-order valence-electron chi connectivity index (χ0n) is 17.0. The first-order valence-corrected chi connectivity index (χ1v) is 9.82. The molecule has 5 nitrogen and oxygen atoms in total. The largest absolute Gasteiger partial charge is 0.493 e. The predicted octanol–water partition coefficient (Wildman–Crippen LogP) is 4.21. The molecule has 0 saturated heterocycles. The van der Waals surface area contributed by atoms with Crippen molar-refractivity contribution in [1.29, 1.82) is 0 Å². The molecule has 0 spiro atoms. The van der Waals surface area contributed by atoms with Crippen LogP contribution in [0.2, 0.25) is 0 Å². The number of ether oxygens (including phenoxy) is 1. The van der Waals surface area contributed by atoms with Crippen LogP contribution in [0, 0.1) is 13.8 Å². The van der Waals surface area contributed by atoms with Crippen LogP contribution >= 0.6 is 0 Å². The monoisotopic (exact) mass is 380 g/mol. The molecule has 1 N–H and O–H groups in total. The van der Waals surface area contributed by atoms with Crippen LogP contribution in [0.15, 0.2) is 36.4 Å². The minimum absolute atomic E-state index is 0.109. The van der Waals surface area contributed by atoms with Gasteiger partial charge in [-0.15, -0.1) is 0 Å². The highest BCUT2D eigenvalue weighted by Gasteiger charge is 2.39. The molecule has 3 rings (SSSR count). The van der Waals surface area contributed by atoms with Crippen LogP contribution in [0.4, 0.5) is 5.69 Å². The molecule has 1 aliphatic heterocycles. The van der Waals surface area contributed by atoms with Gasteiger partial charge in [-0.2, -0.15) is 0 Å². The molecular weight excluding hydrogens is 352 g/mol. The molecule has 0 saturated carbocycles. The van der Waals surface area contributed by atoms with Crippen LogP contribution in [-0.4, -0.2) is 18.4 Å². The molecule has 2 amide bonds. The third kappa shape index (κ3) is 4.03. The molecule has 1 heterocycles. The molecule has 148 valence electrons. The number of unbranched alkanes of at least 4 members (excludes halogenated alkanes) is 1. The second-order valence-electron chi connectivity index (χ2n) is 7.39. The molecule has 2 aromatic rings. The lowest BCUT2D eigenvalue weighted by Gasteiger charge is -2.21.